The Morgan fingerprint density at radius 1 is 1.56 bits per heavy atom. The zero-order valence-electron chi connectivity index (χ0n) is 10.7. The van der Waals surface area contributed by atoms with Crippen LogP contribution in [0.1, 0.15) is 38.2 Å². The summed E-state index contributed by atoms with van der Waals surface area (Å²) in [4.78, 5) is 12.1. The number of hydrogen-bond donors (Lipinski definition) is 1. The normalized spacial score (nSPS) is 18.5. The van der Waals surface area contributed by atoms with Gasteiger partial charge in [0, 0.05) is 4.90 Å². The molecule has 0 radical (unpaired) electrons. The van der Waals surface area contributed by atoms with E-state index in [0.29, 0.717) is 0 Å². The molecule has 4 heteroatoms. The van der Waals surface area contributed by atoms with Crippen LogP contribution in [0.3, 0.4) is 0 Å². The van der Waals surface area contributed by atoms with Crippen LogP contribution < -0.4 is 4.74 Å². The first kappa shape index (κ1) is 13.3. The largest absolute Gasteiger partial charge is 0.491 e. The van der Waals surface area contributed by atoms with Gasteiger partial charge in [-0.3, -0.25) is 4.79 Å². The van der Waals surface area contributed by atoms with Gasteiger partial charge >= 0.3 is 5.97 Å². The molecule has 0 aromatic heterocycles. The van der Waals surface area contributed by atoms with Gasteiger partial charge in [0.25, 0.3) is 0 Å². The lowest BCUT2D eigenvalue weighted by atomic mass is 9.92. The van der Waals surface area contributed by atoms with Gasteiger partial charge < -0.3 is 9.84 Å². The third-order valence-electron chi connectivity index (χ3n) is 2.94. The minimum absolute atomic E-state index is 0.120. The highest BCUT2D eigenvalue weighted by molar-refractivity contribution is 7.99. The Labute approximate surface area is 112 Å². The van der Waals surface area contributed by atoms with E-state index >= 15 is 0 Å². The molecule has 1 N–H and O–H groups in total. The molecule has 1 aliphatic heterocycles. The molecule has 1 aliphatic rings. The first-order valence-electron chi connectivity index (χ1n) is 6.21. The lowest BCUT2D eigenvalue weighted by molar-refractivity contribution is -0.137. The fraction of sp³-hybridized carbons (Fsp3) is 0.500. The summed E-state index contributed by atoms with van der Waals surface area (Å²) in [7, 11) is 0. The van der Waals surface area contributed by atoms with Gasteiger partial charge in [0.2, 0.25) is 0 Å². The van der Waals surface area contributed by atoms with E-state index in [1.165, 1.54) is 4.90 Å². The lowest BCUT2D eigenvalue weighted by Gasteiger charge is -2.24. The Bertz CT molecular complexity index is 443. The highest BCUT2D eigenvalue weighted by atomic mass is 32.2. The van der Waals surface area contributed by atoms with Gasteiger partial charge in [0.1, 0.15) is 5.75 Å². The molecule has 0 saturated heterocycles. The van der Waals surface area contributed by atoms with Crippen molar-refractivity contribution in [3.05, 3.63) is 23.8 Å². The van der Waals surface area contributed by atoms with Crippen molar-refractivity contribution < 1.29 is 14.6 Å². The van der Waals surface area contributed by atoms with E-state index in [9.17, 15) is 4.79 Å². The molecule has 1 aromatic rings. The number of aliphatic carboxylic acids is 1. The average molecular weight is 266 g/mol. The third-order valence-corrected chi connectivity index (χ3v) is 4.06. The SMILES string of the molecule is CC(C)Oc1ccc2c(c1)C(CC(=O)O)CCS2. The lowest BCUT2D eigenvalue weighted by Crippen LogP contribution is -2.13. The summed E-state index contributed by atoms with van der Waals surface area (Å²) >= 11 is 1.80. The Balaban J connectivity index is 2.26. The number of carbonyl (C=O) groups is 1. The molecule has 0 bridgehead atoms. The van der Waals surface area contributed by atoms with E-state index in [-0.39, 0.29) is 18.4 Å². The standard InChI is InChI=1S/C14H18O3S/c1-9(2)17-11-3-4-13-12(8-11)10(5-6-18-13)7-14(15)16/h3-4,8-10H,5-7H2,1-2H3,(H,15,16). The Morgan fingerprint density at radius 3 is 3.00 bits per heavy atom. The Hall–Kier alpha value is -1.16. The highest BCUT2D eigenvalue weighted by Gasteiger charge is 2.23. The zero-order valence-corrected chi connectivity index (χ0v) is 11.5. The fourth-order valence-electron chi connectivity index (χ4n) is 2.21. The summed E-state index contributed by atoms with van der Waals surface area (Å²) in [6.45, 7) is 3.98. The summed E-state index contributed by atoms with van der Waals surface area (Å²) in [5.74, 6) is 1.22. The maximum Gasteiger partial charge on any atom is 0.303 e. The number of thioether (sulfide) groups is 1. The van der Waals surface area contributed by atoms with Crippen LogP contribution in [-0.2, 0) is 4.79 Å². The van der Waals surface area contributed by atoms with Crippen LogP contribution in [0.5, 0.6) is 5.75 Å². The third kappa shape index (κ3) is 3.19. The van der Waals surface area contributed by atoms with Crippen molar-refractivity contribution in [3.63, 3.8) is 0 Å². The van der Waals surface area contributed by atoms with Crippen LogP contribution >= 0.6 is 11.8 Å². The van der Waals surface area contributed by atoms with Gasteiger partial charge in [-0.1, -0.05) is 0 Å². The van der Waals surface area contributed by atoms with E-state index < -0.39 is 5.97 Å². The molecule has 0 amide bonds. The molecular weight excluding hydrogens is 248 g/mol. The van der Waals surface area contributed by atoms with Gasteiger partial charge in [0.15, 0.2) is 0 Å². The summed E-state index contributed by atoms with van der Waals surface area (Å²) < 4.78 is 5.68. The molecule has 18 heavy (non-hydrogen) atoms. The van der Waals surface area contributed by atoms with Gasteiger partial charge in [-0.15, -0.1) is 11.8 Å². The number of rotatable bonds is 4. The summed E-state index contributed by atoms with van der Waals surface area (Å²) in [5.41, 5.74) is 1.13. The first-order chi connectivity index (χ1) is 8.56. The van der Waals surface area contributed by atoms with Crippen molar-refractivity contribution >= 4 is 17.7 Å². The second-order valence-electron chi connectivity index (χ2n) is 4.80. The van der Waals surface area contributed by atoms with Crippen molar-refractivity contribution in [2.45, 2.75) is 43.6 Å². The van der Waals surface area contributed by atoms with Gasteiger partial charge in [-0.05, 0) is 55.7 Å². The number of benzene rings is 1. The minimum atomic E-state index is -0.729. The Kier molecular flexibility index (Phi) is 4.17. The monoisotopic (exact) mass is 266 g/mol. The molecule has 1 aromatic carbocycles. The summed E-state index contributed by atoms with van der Waals surface area (Å²) in [6.07, 6.45) is 1.27. The molecule has 0 fully saturated rings. The van der Waals surface area contributed by atoms with Crippen molar-refractivity contribution in [3.8, 4) is 5.75 Å². The number of fused-ring (bicyclic) bond motifs is 1. The van der Waals surface area contributed by atoms with Crippen molar-refractivity contribution in [1.82, 2.24) is 0 Å². The molecule has 1 unspecified atom stereocenters. The highest BCUT2D eigenvalue weighted by Crippen LogP contribution is 2.40. The number of hydrogen-bond acceptors (Lipinski definition) is 3. The van der Waals surface area contributed by atoms with E-state index in [1.807, 2.05) is 32.0 Å². The molecule has 0 spiro atoms. The van der Waals surface area contributed by atoms with Crippen LogP contribution in [0.15, 0.2) is 23.1 Å². The van der Waals surface area contributed by atoms with Crippen molar-refractivity contribution in [1.29, 1.82) is 0 Å². The molecule has 1 heterocycles. The Morgan fingerprint density at radius 2 is 2.33 bits per heavy atom. The van der Waals surface area contributed by atoms with Crippen LogP contribution in [0.4, 0.5) is 0 Å². The van der Waals surface area contributed by atoms with E-state index in [2.05, 4.69) is 0 Å². The predicted octanol–water partition coefficient (Wildman–Crippen LogP) is 3.53. The second kappa shape index (κ2) is 5.65. The van der Waals surface area contributed by atoms with Crippen LogP contribution in [0.2, 0.25) is 0 Å². The van der Waals surface area contributed by atoms with Gasteiger partial charge in [-0.25, -0.2) is 0 Å². The molecular formula is C14H18O3S. The molecule has 0 aliphatic carbocycles. The molecule has 2 rings (SSSR count). The van der Waals surface area contributed by atoms with Crippen LogP contribution in [0.25, 0.3) is 0 Å². The zero-order chi connectivity index (χ0) is 13.1. The van der Waals surface area contributed by atoms with Crippen molar-refractivity contribution in [2.24, 2.45) is 0 Å². The first-order valence-corrected chi connectivity index (χ1v) is 7.20. The summed E-state index contributed by atoms with van der Waals surface area (Å²) in [6, 6.07) is 6.02. The molecule has 3 nitrogen and oxygen atoms in total. The van der Waals surface area contributed by atoms with E-state index in [0.717, 1.165) is 23.5 Å². The number of ether oxygens (including phenoxy) is 1. The number of carboxylic acids is 1. The maximum atomic E-state index is 10.9. The minimum Gasteiger partial charge on any atom is -0.491 e. The van der Waals surface area contributed by atoms with Crippen molar-refractivity contribution in [2.75, 3.05) is 5.75 Å². The van der Waals surface area contributed by atoms with E-state index in [4.69, 9.17) is 9.84 Å². The second-order valence-corrected chi connectivity index (χ2v) is 5.93. The topological polar surface area (TPSA) is 46.5 Å². The predicted molar refractivity (Wildman–Crippen MR) is 72.5 cm³/mol. The fourth-order valence-corrected chi connectivity index (χ4v) is 3.39. The van der Waals surface area contributed by atoms with Crippen LogP contribution in [0, 0.1) is 0 Å². The summed E-state index contributed by atoms with van der Waals surface area (Å²) in [5, 5.41) is 8.97. The van der Waals surface area contributed by atoms with Gasteiger partial charge in [-0.2, -0.15) is 0 Å². The van der Waals surface area contributed by atoms with Gasteiger partial charge in [0.05, 0.1) is 12.5 Å². The quantitative estimate of drug-likeness (QED) is 0.905. The van der Waals surface area contributed by atoms with Crippen LogP contribution in [-0.4, -0.2) is 22.9 Å². The smallest absolute Gasteiger partial charge is 0.303 e. The van der Waals surface area contributed by atoms with E-state index in [1.54, 1.807) is 11.8 Å². The average Bonchev–Trinajstić information content (AvgIpc) is 2.28. The maximum absolute atomic E-state index is 10.9. The molecule has 1 atom stereocenters. The molecule has 0 saturated carbocycles. The molecule has 98 valence electrons. The number of carboxylic acid groups (broad SMARTS) is 1.